The van der Waals surface area contributed by atoms with Gasteiger partial charge in [0, 0.05) is 26.4 Å². The number of fused-ring (bicyclic) bond motifs is 2. The number of allylic oxidation sites excluding steroid dienone is 2. The Balaban J connectivity index is 1.55. The first-order valence-corrected chi connectivity index (χ1v) is 13.9. The van der Waals surface area contributed by atoms with Crippen LogP contribution in [0.1, 0.15) is 86.5 Å². The molecule has 2 N–H and O–H groups in total. The van der Waals surface area contributed by atoms with Gasteiger partial charge in [-0.15, -0.1) is 0 Å². The van der Waals surface area contributed by atoms with Crippen LogP contribution in [0, 0.1) is 34.5 Å². The Labute approximate surface area is 218 Å². The van der Waals surface area contributed by atoms with Gasteiger partial charge in [-0.05, 0) is 81.1 Å². The lowest BCUT2D eigenvalue weighted by atomic mass is 9.61. The topological polar surface area (TPSA) is 76.0 Å². The highest BCUT2D eigenvalue weighted by Gasteiger charge is 2.77. The molecule has 0 spiro atoms. The molecule has 36 heavy (non-hydrogen) atoms. The fraction of sp³-hybridized carbons (Fsp3) is 0.774. The van der Waals surface area contributed by atoms with Gasteiger partial charge in [-0.3, -0.25) is 4.79 Å². The molecule has 202 valence electrons. The Morgan fingerprint density at radius 1 is 1.25 bits per heavy atom. The number of ether oxygens (including phenoxy) is 2. The van der Waals surface area contributed by atoms with Crippen molar-refractivity contribution >= 4 is 5.97 Å². The number of hydrogen-bond acceptors (Lipinski definition) is 5. The largest absolute Gasteiger partial charge is 0.458 e. The minimum atomic E-state index is -0.908. The molecule has 2 unspecified atom stereocenters. The van der Waals surface area contributed by atoms with E-state index >= 15 is 0 Å². The summed E-state index contributed by atoms with van der Waals surface area (Å²) in [5.41, 5.74) is 0.308. The van der Waals surface area contributed by atoms with E-state index in [1.807, 2.05) is 13.8 Å². The first kappa shape index (κ1) is 27.6. The monoisotopic (exact) mass is 500 g/mol. The van der Waals surface area contributed by atoms with Crippen LogP contribution in [0.4, 0.5) is 0 Å². The van der Waals surface area contributed by atoms with Gasteiger partial charge in [0.05, 0.1) is 22.7 Å². The van der Waals surface area contributed by atoms with Crippen LogP contribution in [0.3, 0.4) is 0 Å². The average Bonchev–Trinajstić information content (AvgIpc) is 3.13. The van der Waals surface area contributed by atoms with Crippen LogP contribution in [0.25, 0.3) is 0 Å². The zero-order valence-corrected chi connectivity index (χ0v) is 23.5. The summed E-state index contributed by atoms with van der Waals surface area (Å²) >= 11 is 0. The molecule has 0 aromatic rings. The zero-order valence-electron chi connectivity index (χ0n) is 23.5. The Kier molecular flexibility index (Phi) is 7.20. The first-order valence-electron chi connectivity index (χ1n) is 13.9. The summed E-state index contributed by atoms with van der Waals surface area (Å²) in [4.78, 5) is 11.6. The van der Waals surface area contributed by atoms with Crippen LogP contribution >= 0.6 is 0 Å². The van der Waals surface area contributed by atoms with Gasteiger partial charge in [0.25, 0.3) is 0 Å². The highest BCUT2D eigenvalue weighted by Crippen LogP contribution is 2.72. The molecule has 5 heteroatoms. The fourth-order valence-corrected chi connectivity index (χ4v) is 8.12. The summed E-state index contributed by atoms with van der Waals surface area (Å²) in [7, 11) is 1.72. The molecule has 0 bridgehead atoms. The second-order valence-electron chi connectivity index (χ2n) is 13.2. The number of carbonyl (C=O) groups excluding carboxylic acids is 1. The maximum Gasteiger partial charge on any atom is 0.303 e. The Bertz CT molecular complexity index is 943. The van der Waals surface area contributed by atoms with Crippen molar-refractivity contribution in [3.05, 3.63) is 36.0 Å². The van der Waals surface area contributed by atoms with E-state index in [0.717, 1.165) is 18.4 Å². The summed E-state index contributed by atoms with van der Waals surface area (Å²) < 4.78 is 11.5. The summed E-state index contributed by atoms with van der Waals surface area (Å²) in [6.07, 6.45) is 13.0. The van der Waals surface area contributed by atoms with E-state index in [-0.39, 0.29) is 23.4 Å². The van der Waals surface area contributed by atoms with Gasteiger partial charge in [-0.1, -0.05) is 51.2 Å². The summed E-state index contributed by atoms with van der Waals surface area (Å²) in [5, 5.41) is 21.7. The van der Waals surface area contributed by atoms with Crippen molar-refractivity contribution in [2.75, 3.05) is 7.11 Å². The summed E-state index contributed by atoms with van der Waals surface area (Å²) in [6, 6.07) is 0. The quantitative estimate of drug-likeness (QED) is 0.328. The molecule has 4 saturated carbocycles. The van der Waals surface area contributed by atoms with Crippen LogP contribution in [0.5, 0.6) is 0 Å². The zero-order chi connectivity index (χ0) is 26.7. The minimum Gasteiger partial charge on any atom is -0.458 e. The normalized spacial score (nSPS) is 41.8. The molecule has 5 nitrogen and oxygen atoms in total. The number of rotatable bonds is 8. The molecule has 9 atom stereocenters. The van der Waals surface area contributed by atoms with E-state index in [1.165, 1.54) is 31.8 Å². The molecule has 0 aromatic carbocycles. The number of esters is 1. The third kappa shape index (κ3) is 4.43. The molecule has 0 aliphatic heterocycles. The van der Waals surface area contributed by atoms with Gasteiger partial charge in [0.15, 0.2) is 0 Å². The maximum atomic E-state index is 11.6. The van der Waals surface area contributed by atoms with E-state index in [2.05, 4.69) is 45.6 Å². The van der Waals surface area contributed by atoms with E-state index < -0.39 is 22.7 Å². The predicted octanol–water partition coefficient (Wildman–Crippen LogP) is 5.76. The van der Waals surface area contributed by atoms with Gasteiger partial charge in [0.2, 0.25) is 0 Å². The van der Waals surface area contributed by atoms with E-state index in [9.17, 15) is 15.0 Å². The van der Waals surface area contributed by atoms with Crippen LogP contribution in [0.2, 0.25) is 0 Å². The highest BCUT2D eigenvalue weighted by atomic mass is 16.5. The van der Waals surface area contributed by atoms with Gasteiger partial charge in [-0.25, -0.2) is 0 Å². The Hall–Kier alpha value is -1.43. The van der Waals surface area contributed by atoms with Crippen LogP contribution < -0.4 is 0 Å². The maximum absolute atomic E-state index is 11.6. The van der Waals surface area contributed by atoms with Crippen molar-refractivity contribution < 1.29 is 24.5 Å². The van der Waals surface area contributed by atoms with E-state index in [4.69, 9.17) is 9.47 Å². The molecule has 0 radical (unpaired) electrons. The minimum absolute atomic E-state index is 0.112. The molecule has 4 aliphatic carbocycles. The molecule has 0 aromatic heterocycles. The number of aliphatic hydroxyl groups is 2. The number of hydrogen-bond donors (Lipinski definition) is 2. The van der Waals surface area contributed by atoms with Crippen molar-refractivity contribution in [3.8, 4) is 0 Å². The molecule has 4 rings (SSSR count). The molecular formula is C31H48O5. The lowest BCUT2D eigenvalue weighted by Crippen LogP contribution is -2.37. The second-order valence-corrected chi connectivity index (χ2v) is 13.2. The number of methoxy groups -OCH3 is 1. The predicted molar refractivity (Wildman–Crippen MR) is 142 cm³/mol. The molecule has 4 aliphatic rings. The van der Waals surface area contributed by atoms with Crippen molar-refractivity contribution in [2.24, 2.45) is 34.5 Å². The van der Waals surface area contributed by atoms with Crippen molar-refractivity contribution in [2.45, 2.75) is 110 Å². The number of carbonyl (C=O) groups is 1. The summed E-state index contributed by atoms with van der Waals surface area (Å²) in [5.74, 6) is 1.34. The van der Waals surface area contributed by atoms with Gasteiger partial charge >= 0.3 is 5.97 Å². The lowest BCUT2D eigenvalue weighted by molar-refractivity contribution is -0.145. The standard InChI is InChI=1S/C31H48O5/c1-19(11-12-20(2)28(5,6)33)24-13-14-25-23(10-9-15-29(24,25)7)16-27(35-8)31-18-30(31,34)17-26(21(31)3)36-22(4)32/h11-12,16,19-20,24-27,33-34H,3,9-10,13-15,17-18H2,1-2,4-8H3/b12-11+,23-16+/t19-,20+,24-,25+,26+,27?,29-,30-,31?/m1/s1. The van der Waals surface area contributed by atoms with E-state index in [1.54, 1.807) is 7.11 Å². The first-order chi connectivity index (χ1) is 16.7. The summed E-state index contributed by atoms with van der Waals surface area (Å²) in [6.45, 7) is 16.3. The second kappa shape index (κ2) is 9.39. The van der Waals surface area contributed by atoms with Gasteiger partial charge in [0.1, 0.15) is 6.10 Å². The molecule has 0 amide bonds. The van der Waals surface area contributed by atoms with Gasteiger partial charge in [-0.2, -0.15) is 0 Å². The van der Waals surface area contributed by atoms with Crippen molar-refractivity contribution in [1.82, 2.24) is 0 Å². The Morgan fingerprint density at radius 2 is 1.94 bits per heavy atom. The molecule has 0 heterocycles. The molecular weight excluding hydrogens is 452 g/mol. The van der Waals surface area contributed by atoms with Crippen LogP contribution in [0.15, 0.2) is 36.0 Å². The highest BCUT2D eigenvalue weighted by molar-refractivity contribution is 5.67. The fourth-order valence-electron chi connectivity index (χ4n) is 8.12. The average molecular weight is 501 g/mol. The van der Waals surface area contributed by atoms with Crippen molar-refractivity contribution in [1.29, 1.82) is 0 Å². The van der Waals surface area contributed by atoms with Crippen LogP contribution in [-0.2, 0) is 14.3 Å². The molecule has 0 saturated heterocycles. The third-order valence-corrected chi connectivity index (χ3v) is 10.7. The smallest absolute Gasteiger partial charge is 0.303 e. The van der Waals surface area contributed by atoms with Gasteiger partial charge < -0.3 is 19.7 Å². The van der Waals surface area contributed by atoms with Crippen LogP contribution in [-0.4, -0.2) is 46.7 Å². The van der Waals surface area contributed by atoms with E-state index in [0.29, 0.717) is 30.6 Å². The SMILES string of the molecule is C=C1[C@@H](OC(C)=O)C[C@@]2(O)CC12C(/C=C1\CCC[C@]2(C)[C@@H]([C@H](C)/C=C/[C@H](C)C(C)(C)O)CC[C@@H]12)OC. The lowest BCUT2D eigenvalue weighted by Gasteiger charge is -2.44. The Morgan fingerprint density at radius 3 is 2.56 bits per heavy atom. The molecule has 4 fully saturated rings. The van der Waals surface area contributed by atoms with Crippen molar-refractivity contribution in [3.63, 3.8) is 0 Å². The third-order valence-electron chi connectivity index (χ3n) is 10.7.